The van der Waals surface area contributed by atoms with Crippen molar-refractivity contribution in [2.75, 3.05) is 25.0 Å². The maximum atomic E-state index is 13.3. The van der Waals surface area contributed by atoms with Crippen LogP contribution in [0.25, 0.3) is 0 Å². The molecular formula is C13H18FN3. The summed E-state index contributed by atoms with van der Waals surface area (Å²) >= 11 is 0. The van der Waals surface area contributed by atoms with Crippen LogP contribution in [0, 0.1) is 11.7 Å². The summed E-state index contributed by atoms with van der Waals surface area (Å²) in [6.07, 6.45) is 5.58. The number of nitrogens with zero attached hydrogens (tertiary/aromatic N) is 2. The van der Waals surface area contributed by atoms with Gasteiger partial charge in [0.2, 0.25) is 0 Å². The van der Waals surface area contributed by atoms with Crippen molar-refractivity contribution in [3.63, 3.8) is 0 Å². The average Bonchev–Trinajstić information content (AvgIpc) is 3.08. The lowest BCUT2D eigenvalue weighted by Gasteiger charge is -2.15. The second-order valence-corrected chi connectivity index (χ2v) is 5.10. The highest BCUT2D eigenvalue weighted by atomic mass is 19.1. The van der Waals surface area contributed by atoms with E-state index >= 15 is 0 Å². The molecule has 1 aromatic heterocycles. The Kier molecular flexibility index (Phi) is 2.97. The molecule has 0 aromatic carbocycles. The Balaban J connectivity index is 1.50. The summed E-state index contributed by atoms with van der Waals surface area (Å²) in [7, 11) is 0. The molecule has 1 aliphatic carbocycles. The highest BCUT2D eigenvalue weighted by molar-refractivity contribution is 5.35. The Bertz CT molecular complexity index is 392. The maximum Gasteiger partial charge on any atom is 0.165 e. The monoisotopic (exact) mass is 235 g/mol. The van der Waals surface area contributed by atoms with E-state index in [2.05, 4.69) is 15.2 Å². The molecule has 0 spiro atoms. The van der Waals surface area contributed by atoms with Gasteiger partial charge in [-0.3, -0.25) is 0 Å². The van der Waals surface area contributed by atoms with E-state index in [1.807, 2.05) is 0 Å². The van der Waals surface area contributed by atoms with Gasteiger partial charge in [-0.25, -0.2) is 9.37 Å². The molecule has 1 atom stereocenters. The summed E-state index contributed by atoms with van der Waals surface area (Å²) in [6.45, 7) is 3.20. The van der Waals surface area contributed by atoms with Crippen LogP contribution in [0.15, 0.2) is 18.3 Å². The summed E-state index contributed by atoms with van der Waals surface area (Å²) < 4.78 is 13.3. The van der Waals surface area contributed by atoms with Gasteiger partial charge in [-0.15, -0.1) is 0 Å². The Morgan fingerprint density at radius 1 is 1.41 bits per heavy atom. The molecule has 92 valence electrons. The van der Waals surface area contributed by atoms with Crippen LogP contribution in [0.2, 0.25) is 0 Å². The van der Waals surface area contributed by atoms with Gasteiger partial charge in [0, 0.05) is 25.3 Å². The van der Waals surface area contributed by atoms with Crippen LogP contribution in [0.4, 0.5) is 10.2 Å². The molecule has 2 heterocycles. The second kappa shape index (κ2) is 4.61. The lowest BCUT2D eigenvalue weighted by Crippen LogP contribution is -2.25. The van der Waals surface area contributed by atoms with Crippen molar-refractivity contribution in [2.24, 2.45) is 5.92 Å². The van der Waals surface area contributed by atoms with Gasteiger partial charge in [0.15, 0.2) is 11.6 Å². The molecule has 1 saturated heterocycles. The van der Waals surface area contributed by atoms with Crippen molar-refractivity contribution in [2.45, 2.75) is 25.3 Å². The van der Waals surface area contributed by atoms with Gasteiger partial charge in [-0.2, -0.15) is 0 Å². The van der Waals surface area contributed by atoms with Crippen LogP contribution in [0.5, 0.6) is 0 Å². The second-order valence-electron chi connectivity index (χ2n) is 5.10. The van der Waals surface area contributed by atoms with E-state index < -0.39 is 0 Å². The minimum absolute atomic E-state index is 0.260. The van der Waals surface area contributed by atoms with Gasteiger partial charge >= 0.3 is 0 Å². The Labute approximate surface area is 101 Å². The predicted molar refractivity (Wildman–Crippen MR) is 65.4 cm³/mol. The lowest BCUT2D eigenvalue weighted by molar-refractivity contribution is 0.316. The van der Waals surface area contributed by atoms with Crippen LogP contribution in [-0.2, 0) is 0 Å². The summed E-state index contributed by atoms with van der Waals surface area (Å²) in [4.78, 5) is 6.58. The fourth-order valence-corrected chi connectivity index (χ4v) is 2.56. The minimum atomic E-state index is -0.260. The number of anilines is 1. The molecule has 1 unspecified atom stereocenters. The van der Waals surface area contributed by atoms with Gasteiger partial charge in [-0.05, 0) is 43.9 Å². The first-order valence-electron chi connectivity index (χ1n) is 6.41. The Hall–Kier alpha value is -1.16. The maximum absolute atomic E-state index is 13.3. The molecule has 1 aromatic rings. The third-order valence-corrected chi connectivity index (χ3v) is 3.70. The average molecular weight is 235 g/mol. The molecule has 4 heteroatoms. The van der Waals surface area contributed by atoms with E-state index in [9.17, 15) is 4.39 Å². The number of hydrogen-bond donors (Lipinski definition) is 1. The number of rotatable bonds is 4. The predicted octanol–water partition coefficient (Wildman–Crippen LogP) is 2.12. The topological polar surface area (TPSA) is 28.2 Å². The quantitative estimate of drug-likeness (QED) is 0.866. The van der Waals surface area contributed by atoms with Crippen LogP contribution in [-0.4, -0.2) is 35.6 Å². The fraction of sp³-hybridized carbons (Fsp3) is 0.615. The van der Waals surface area contributed by atoms with E-state index in [1.54, 1.807) is 12.3 Å². The first-order valence-corrected chi connectivity index (χ1v) is 6.41. The number of hydrogen-bond acceptors (Lipinski definition) is 3. The van der Waals surface area contributed by atoms with Crippen LogP contribution in [0.1, 0.15) is 19.3 Å². The van der Waals surface area contributed by atoms with Gasteiger partial charge in [0.25, 0.3) is 0 Å². The molecule has 0 bridgehead atoms. The van der Waals surface area contributed by atoms with Gasteiger partial charge in [-0.1, -0.05) is 0 Å². The number of aromatic nitrogens is 1. The van der Waals surface area contributed by atoms with Gasteiger partial charge < -0.3 is 10.2 Å². The Morgan fingerprint density at radius 2 is 2.29 bits per heavy atom. The third kappa shape index (κ3) is 2.57. The third-order valence-electron chi connectivity index (χ3n) is 3.70. The van der Waals surface area contributed by atoms with Crippen molar-refractivity contribution < 1.29 is 4.39 Å². The summed E-state index contributed by atoms with van der Waals surface area (Å²) in [6, 6.07) is 3.91. The van der Waals surface area contributed by atoms with E-state index in [1.165, 1.54) is 31.9 Å². The van der Waals surface area contributed by atoms with Crippen molar-refractivity contribution in [3.8, 4) is 0 Å². The number of likely N-dealkylation sites (tertiary alicyclic amines) is 1. The zero-order chi connectivity index (χ0) is 11.7. The first kappa shape index (κ1) is 11.0. The van der Waals surface area contributed by atoms with Crippen molar-refractivity contribution in [3.05, 3.63) is 24.1 Å². The molecule has 17 heavy (non-hydrogen) atoms. The SMILES string of the molecule is Fc1cccnc1NCC1CCN(C2CC2)C1. The van der Waals surface area contributed by atoms with E-state index in [4.69, 9.17) is 0 Å². The molecule has 0 amide bonds. The van der Waals surface area contributed by atoms with Crippen LogP contribution in [0.3, 0.4) is 0 Å². The zero-order valence-corrected chi connectivity index (χ0v) is 9.90. The van der Waals surface area contributed by atoms with E-state index in [-0.39, 0.29) is 5.82 Å². The normalized spacial score (nSPS) is 25.1. The molecule has 2 fully saturated rings. The molecule has 3 nitrogen and oxygen atoms in total. The molecule has 3 rings (SSSR count). The minimum Gasteiger partial charge on any atom is -0.367 e. The van der Waals surface area contributed by atoms with Crippen molar-refractivity contribution >= 4 is 5.82 Å². The number of halogens is 1. The molecule has 0 radical (unpaired) electrons. The first-order chi connectivity index (χ1) is 8.33. The van der Waals surface area contributed by atoms with Crippen molar-refractivity contribution in [1.82, 2.24) is 9.88 Å². The van der Waals surface area contributed by atoms with Crippen LogP contribution < -0.4 is 5.32 Å². The van der Waals surface area contributed by atoms with Crippen molar-refractivity contribution in [1.29, 1.82) is 0 Å². The standard InChI is InChI=1S/C13H18FN3/c14-12-2-1-6-15-13(12)16-8-10-5-7-17(9-10)11-3-4-11/h1-2,6,10-11H,3-5,7-9H2,(H,15,16). The molecule has 1 N–H and O–H groups in total. The zero-order valence-electron chi connectivity index (χ0n) is 9.90. The van der Waals surface area contributed by atoms with E-state index in [0.29, 0.717) is 11.7 Å². The van der Waals surface area contributed by atoms with Gasteiger partial charge in [0.1, 0.15) is 0 Å². The summed E-state index contributed by atoms with van der Waals surface area (Å²) in [5, 5.41) is 3.12. The number of pyridine rings is 1. The summed E-state index contributed by atoms with van der Waals surface area (Å²) in [5.74, 6) is 0.763. The highest BCUT2D eigenvalue weighted by Crippen LogP contribution is 2.31. The number of nitrogens with one attached hydrogen (secondary N) is 1. The summed E-state index contributed by atoms with van der Waals surface area (Å²) in [5.41, 5.74) is 0. The fourth-order valence-electron chi connectivity index (χ4n) is 2.56. The molecule has 1 aliphatic heterocycles. The smallest absolute Gasteiger partial charge is 0.165 e. The van der Waals surface area contributed by atoms with Gasteiger partial charge in [0.05, 0.1) is 0 Å². The highest BCUT2D eigenvalue weighted by Gasteiger charge is 2.34. The van der Waals surface area contributed by atoms with Crippen LogP contribution >= 0.6 is 0 Å². The van der Waals surface area contributed by atoms with E-state index in [0.717, 1.165) is 19.1 Å². The molecule has 2 aliphatic rings. The molecular weight excluding hydrogens is 217 g/mol. The lowest BCUT2D eigenvalue weighted by atomic mass is 10.1. The Morgan fingerprint density at radius 3 is 3.06 bits per heavy atom. The largest absolute Gasteiger partial charge is 0.367 e. The molecule has 1 saturated carbocycles.